The second kappa shape index (κ2) is 11.1. The third-order valence-corrected chi connectivity index (χ3v) is 6.30. The van der Waals surface area contributed by atoms with E-state index in [4.69, 9.17) is 31.2 Å². The zero-order valence-corrected chi connectivity index (χ0v) is 20.4. The highest BCUT2D eigenvalue weighted by Gasteiger charge is 2.35. The van der Waals surface area contributed by atoms with Gasteiger partial charge in [0.1, 0.15) is 24.7 Å². The van der Waals surface area contributed by atoms with Crippen LogP contribution in [0.25, 0.3) is 6.08 Å². The summed E-state index contributed by atoms with van der Waals surface area (Å²) in [5.41, 5.74) is 1.40. The van der Waals surface area contributed by atoms with Crippen LogP contribution < -0.4 is 23.8 Å². The number of hydrogen-bond donors (Lipinski definition) is 0. The van der Waals surface area contributed by atoms with Gasteiger partial charge in [-0.1, -0.05) is 66.4 Å². The van der Waals surface area contributed by atoms with Crippen LogP contribution in [0.15, 0.2) is 77.7 Å². The Morgan fingerprint density at radius 1 is 0.794 bits per heavy atom. The maximum Gasteiger partial charge on any atom is 0.270 e. The van der Waals surface area contributed by atoms with Crippen molar-refractivity contribution in [1.82, 2.24) is 0 Å². The summed E-state index contributed by atoms with van der Waals surface area (Å²) in [6.07, 6.45) is 1.80. The van der Waals surface area contributed by atoms with E-state index in [1.54, 1.807) is 26.4 Å². The van der Waals surface area contributed by atoms with Crippen LogP contribution >= 0.6 is 24.0 Å². The first-order valence-corrected chi connectivity index (χ1v) is 11.7. The predicted octanol–water partition coefficient (Wildman–Crippen LogP) is 5.57. The van der Waals surface area contributed by atoms with Crippen molar-refractivity contribution < 1.29 is 23.7 Å². The first-order valence-electron chi connectivity index (χ1n) is 10.5. The van der Waals surface area contributed by atoms with Crippen LogP contribution in [0.5, 0.6) is 23.0 Å². The fraction of sp³-hybridized carbons (Fsp3) is 0.154. The molecule has 1 heterocycles. The van der Waals surface area contributed by atoms with Crippen LogP contribution in [0.4, 0.5) is 5.69 Å². The van der Waals surface area contributed by atoms with E-state index in [0.29, 0.717) is 51.1 Å². The zero-order chi connectivity index (χ0) is 23.9. The van der Waals surface area contributed by atoms with E-state index in [9.17, 15) is 4.79 Å². The van der Waals surface area contributed by atoms with E-state index in [1.807, 2.05) is 66.7 Å². The Kier molecular flexibility index (Phi) is 7.72. The van der Waals surface area contributed by atoms with Gasteiger partial charge in [-0.05, 0) is 36.4 Å². The van der Waals surface area contributed by atoms with Gasteiger partial charge in [0, 0.05) is 5.56 Å². The lowest BCUT2D eigenvalue weighted by Gasteiger charge is -2.17. The highest BCUT2D eigenvalue weighted by Crippen LogP contribution is 2.40. The van der Waals surface area contributed by atoms with Gasteiger partial charge < -0.3 is 18.9 Å². The van der Waals surface area contributed by atoms with Gasteiger partial charge in [-0.2, -0.15) is 0 Å². The van der Waals surface area contributed by atoms with E-state index >= 15 is 0 Å². The highest BCUT2D eigenvalue weighted by molar-refractivity contribution is 8.27. The smallest absolute Gasteiger partial charge is 0.270 e. The molecule has 1 aliphatic heterocycles. The average molecular weight is 494 g/mol. The van der Waals surface area contributed by atoms with Gasteiger partial charge in [0.15, 0.2) is 15.8 Å². The van der Waals surface area contributed by atoms with Crippen molar-refractivity contribution in [2.45, 2.75) is 0 Å². The number of para-hydroxylation sites is 5. The molecule has 0 saturated carbocycles. The van der Waals surface area contributed by atoms with Gasteiger partial charge in [-0.25, -0.2) is 0 Å². The molecule has 3 aromatic rings. The number of hydrogen-bond acceptors (Lipinski definition) is 7. The van der Waals surface area contributed by atoms with E-state index in [-0.39, 0.29) is 5.91 Å². The molecule has 4 rings (SSSR count). The predicted molar refractivity (Wildman–Crippen MR) is 139 cm³/mol. The second-order valence-electron chi connectivity index (χ2n) is 7.07. The minimum absolute atomic E-state index is 0.200. The van der Waals surface area contributed by atoms with Crippen LogP contribution in [0.2, 0.25) is 0 Å². The van der Waals surface area contributed by atoms with Crippen molar-refractivity contribution in [1.29, 1.82) is 0 Å². The summed E-state index contributed by atoms with van der Waals surface area (Å²) in [6.45, 7) is 0.662. The van der Waals surface area contributed by atoms with Crippen LogP contribution in [0.3, 0.4) is 0 Å². The molecule has 34 heavy (non-hydrogen) atoms. The molecule has 3 aromatic carbocycles. The number of amides is 1. The second-order valence-corrected chi connectivity index (χ2v) is 8.75. The fourth-order valence-electron chi connectivity index (χ4n) is 3.40. The number of nitrogens with zero attached hydrogens (tertiary/aromatic N) is 1. The minimum atomic E-state index is -0.200. The molecule has 0 spiro atoms. The van der Waals surface area contributed by atoms with E-state index in [1.165, 1.54) is 16.7 Å². The number of benzene rings is 3. The molecule has 1 saturated heterocycles. The van der Waals surface area contributed by atoms with Crippen LogP contribution in [0, 0.1) is 0 Å². The summed E-state index contributed by atoms with van der Waals surface area (Å²) < 4.78 is 22.9. The van der Waals surface area contributed by atoms with Crippen molar-refractivity contribution in [2.75, 3.05) is 32.3 Å². The monoisotopic (exact) mass is 493 g/mol. The minimum Gasteiger partial charge on any atom is -0.495 e. The summed E-state index contributed by atoms with van der Waals surface area (Å²) in [7, 11) is 3.17. The normalized spacial score (nSPS) is 14.4. The van der Waals surface area contributed by atoms with Crippen molar-refractivity contribution in [2.24, 2.45) is 0 Å². The number of carbonyl (C=O) groups is 1. The van der Waals surface area contributed by atoms with Crippen LogP contribution in [-0.4, -0.2) is 37.7 Å². The summed E-state index contributed by atoms with van der Waals surface area (Å²) >= 11 is 6.75. The molecule has 0 N–H and O–H groups in total. The van der Waals surface area contributed by atoms with Gasteiger partial charge in [-0.15, -0.1) is 0 Å². The van der Waals surface area contributed by atoms with Gasteiger partial charge in [-0.3, -0.25) is 9.69 Å². The molecule has 0 radical (unpaired) electrons. The Labute approximate surface area is 208 Å². The Morgan fingerprint density at radius 3 is 2.06 bits per heavy atom. The average Bonchev–Trinajstić information content (AvgIpc) is 3.15. The zero-order valence-electron chi connectivity index (χ0n) is 18.7. The van der Waals surface area contributed by atoms with Gasteiger partial charge in [0.25, 0.3) is 5.91 Å². The maximum absolute atomic E-state index is 13.2. The quantitative estimate of drug-likeness (QED) is 0.219. The summed E-state index contributed by atoms with van der Waals surface area (Å²) in [5, 5.41) is 0. The summed E-state index contributed by atoms with van der Waals surface area (Å²) in [4.78, 5) is 15.2. The molecule has 1 amide bonds. The molecular formula is C26H23NO5S2. The first kappa shape index (κ1) is 23.7. The number of thioether (sulfide) groups is 1. The van der Waals surface area contributed by atoms with Crippen LogP contribution in [0.1, 0.15) is 5.56 Å². The topological polar surface area (TPSA) is 57.2 Å². The summed E-state index contributed by atoms with van der Waals surface area (Å²) in [6, 6.07) is 22.3. The first-order chi connectivity index (χ1) is 16.6. The molecule has 1 fully saturated rings. The van der Waals surface area contributed by atoms with Crippen molar-refractivity contribution in [3.8, 4) is 23.0 Å². The Hall–Kier alpha value is -3.49. The molecule has 0 bridgehead atoms. The van der Waals surface area contributed by atoms with E-state index in [0.717, 1.165) is 5.56 Å². The lowest BCUT2D eigenvalue weighted by molar-refractivity contribution is -0.113. The Bertz CT molecular complexity index is 1230. The van der Waals surface area contributed by atoms with E-state index < -0.39 is 0 Å². The number of methoxy groups -OCH3 is 2. The molecule has 6 nitrogen and oxygen atoms in total. The molecule has 174 valence electrons. The van der Waals surface area contributed by atoms with Gasteiger partial charge in [0.05, 0.1) is 24.8 Å². The maximum atomic E-state index is 13.2. The van der Waals surface area contributed by atoms with Crippen molar-refractivity contribution in [3.05, 3.63) is 83.3 Å². The summed E-state index contributed by atoms with van der Waals surface area (Å²) in [5.74, 6) is 2.35. The molecular weight excluding hydrogens is 470 g/mol. The van der Waals surface area contributed by atoms with E-state index in [2.05, 4.69) is 0 Å². The highest BCUT2D eigenvalue weighted by atomic mass is 32.2. The Morgan fingerprint density at radius 2 is 1.35 bits per heavy atom. The molecule has 1 aliphatic rings. The molecule has 8 heteroatoms. The van der Waals surface area contributed by atoms with Gasteiger partial charge in [0.2, 0.25) is 0 Å². The molecule has 0 unspecified atom stereocenters. The van der Waals surface area contributed by atoms with Crippen LogP contribution in [-0.2, 0) is 4.79 Å². The molecule has 0 atom stereocenters. The lowest BCUT2D eigenvalue weighted by Crippen LogP contribution is -2.27. The standard InChI is InChI=1S/C26H23NO5S2/c1-29-21-12-6-4-10-19(21)27-25(28)24(34-26(27)33)17-18-9-3-5-11-20(18)31-15-16-32-23-14-8-7-13-22(23)30-2/h3-14,17H,15-16H2,1-2H3/b24-17-. The SMILES string of the molecule is COc1ccccc1OCCOc1ccccc1/C=C1\SC(=S)N(c2ccccc2OC)C1=O. The number of rotatable bonds is 9. The van der Waals surface area contributed by atoms with Crippen molar-refractivity contribution >= 4 is 46.0 Å². The molecule has 0 aromatic heterocycles. The third kappa shape index (κ3) is 5.18. The van der Waals surface area contributed by atoms with Crippen molar-refractivity contribution in [3.63, 3.8) is 0 Å². The fourth-order valence-corrected chi connectivity index (χ4v) is 4.68. The number of ether oxygens (including phenoxy) is 4. The van der Waals surface area contributed by atoms with Gasteiger partial charge >= 0.3 is 0 Å². The third-order valence-electron chi connectivity index (χ3n) is 4.99. The largest absolute Gasteiger partial charge is 0.495 e. The molecule has 0 aliphatic carbocycles. The number of anilines is 1. The Balaban J connectivity index is 1.47. The number of thiocarbonyl (C=S) groups is 1. The lowest BCUT2D eigenvalue weighted by atomic mass is 10.2. The number of carbonyl (C=O) groups excluding carboxylic acids is 1.